The maximum absolute atomic E-state index is 10.7. The normalized spacial score (nSPS) is 9.42. The lowest BCUT2D eigenvalue weighted by Crippen LogP contribution is -2.02. The molecule has 0 bridgehead atoms. The Bertz CT molecular complexity index is 646. The molecule has 1 aromatic heterocycles. The molecular weight excluding hydrogens is 328 g/mol. The van der Waals surface area contributed by atoms with Gasteiger partial charge in [-0.15, -0.1) is 0 Å². The summed E-state index contributed by atoms with van der Waals surface area (Å²) in [6.07, 6.45) is 4.12. The van der Waals surface area contributed by atoms with E-state index in [1.165, 1.54) is 18.4 Å². The highest BCUT2D eigenvalue weighted by Gasteiger charge is 2.12. The van der Waals surface area contributed by atoms with Crippen LogP contribution in [0.15, 0.2) is 40.9 Å². The van der Waals surface area contributed by atoms with Gasteiger partial charge >= 0.3 is 5.97 Å². The van der Waals surface area contributed by atoms with Crippen LogP contribution in [0.1, 0.15) is 70.3 Å². The van der Waals surface area contributed by atoms with Crippen molar-refractivity contribution in [2.24, 2.45) is 0 Å². The summed E-state index contributed by atoms with van der Waals surface area (Å²) in [5.74, 6) is -0.223. The van der Waals surface area contributed by atoms with Crippen molar-refractivity contribution in [2.45, 2.75) is 66.7 Å². The number of nitrogens with zero attached hydrogens (tertiary/aromatic N) is 2. The number of hydrogen-bond acceptors (Lipinski definition) is 4. The van der Waals surface area contributed by atoms with Crippen LogP contribution >= 0.6 is 0 Å². The first-order chi connectivity index (χ1) is 12.6. The molecule has 0 unspecified atom stereocenters. The van der Waals surface area contributed by atoms with Gasteiger partial charge in [-0.25, -0.2) is 4.79 Å². The molecule has 0 aliphatic rings. The molecule has 5 nitrogen and oxygen atoms in total. The van der Waals surface area contributed by atoms with Crippen molar-refractivity contribution in [3.05, 3.63) is 59.3 Å². The lowest BCUT2D eigenvalue weighted by Gasteiger charge is -2.01. The molecule has 2 aromatic rings. The number of aliphatic carboxylic acids is 1. The van der Waals surface area contributed by atoms with Gasteiger partial charge in [0.15, 0.2) is 5.82 Å². The molecule has 0 radical (unpaired) electrons. The summed E-state index contributed by atoms with van der Waals surface area (Å²) in [7, 11) is 0. The van der Waals surface area contributed by atoms with Crippen LogP contribution in [-0.2, 0) is 24.1 Å². The molecule has 2 rings (SSSR count). The second kappa shape index (κ2) is 13.8. The average Bonchev–Trinajstić information content (AvgIpc) is 3.11. The Balaban J connectivity index is 0.00000146. The number of unbranched alkanes of at least 4 members (excludes halogenated alkanes) is 1. The Hall–Kier alpha value is -2.43. The van der Waals surface area contributed by atoms with E-state index in [1.807, 2.05) is 27.7 Å². The molecule has 0 saturated carbocycles. The van der Waals surface area contributed by atoms with Gasteiger partial charge in [0.2, 0.25) is 5.89 Å². The standard InChI is InChI=1S/C17H20N2O3.2C2H6/c1-3-4-5-13-6-8-14(9-7-13)11-15-18-16(22-19-15)10-12(2)17(20)21;2*1-2/h6-9H,2-5,10-11H2,1H3,(H,20,21);2*1-2H3. The van der Waals surface area contributed by atoms with Gasteiger partial charge in [-0.05, 0) is 24.0 Å². The zero-order chi connectivity index (χ0) is 19.9. The Morgan fingerprint density at radius 2 is 1.69 bits per heavy atom. The topological polar surface area (TPSA) is 76.2 Å². The van der Waals surface area contributed by atoms with E-state index in [0.29, 0.717) is 12.2 Å². The number of carboxylic acids is 1. The summed E-state index contributed by atoms with van der Waals surface area (Å²) >= 11 is 0. The molecule has 1 aromatic carbocycles. The molecule has 0 saturated heterocycles. The Kier molecular flexibility index (Phi) is 12.5. The predicted molar refractivity (Wildman–Crippen MR) is 105 cm³/mol. The second-order valence-electron chi connectivity index (χ2n) is 5.29. The Labute approximate surface area is 157 Å². The van der Waals surface area contributed by atoms with Gasteiger partial charge in [0.05, 0.1) is 6.42 Å². The van der Waals surface area contributed by atoms with E-state index in [9.17, 15) is 4.79 Å². The van der Waals surface area contributed by atoms with E-state index in [1.54, 1.807) is 0 Å². The molecule has 0 amide bonds. The molecule has 0 aliphatic heterocycles. The second-order valence-corrected chi connectivity index (χ2v) is 5.29. The predicted octanol–water partition coefficient (Wildman–Crippen LogP) is 5.24. The molecule has 5 heteroatoms. The number of aromatic nitrogens is 2. The van der Waals surface area contributed by atoms with Crippen LogP contribution in [0, 0.1) is 0 Å². The van der Waals surface area contributed by atoms with Crippen LogP contribution in [0.4, 0.5) is 0 Å². The number of carbonyl (C=O) groups is 1. The summed E-state index contributed by atoms with van der Waals surface area (Å²) < 4.78 is 5.05. The van der Waals surface area contributed by atoms with Gasteiger partial charge in [-0.2, -0.15) is 4.98 Å². The zero-order valence-electron chi connectivity index (χ0n) is 16.7. The molecule has 0 spiro atoms. The van der Waals surface area contributed by atoms with Crippen molar-refractivity contribution in [1.82, 2.24) is 10.1 Å². The van der Waals surface area contributed by atoms with Crippen molar-refractivity contribution in [3.8, 4) is 0 Å². The molecule has 1 N–H and O–H groups in total. The van der Waals surface area contributed by atoms with E-state index in [-0.39, 0.29) is 17.9 Å². The third-order valence-corrected chi connectivity index (χ3v) is 3.38. The molecule has 0 aliphatic carbocycles. The summed E-state index contributed by atoms with van der Waals surface area (Å²) in [6.45, 7) is 13.6. The fourth-order valence-electron chi connectivity index (χ4n) is 2.08. The monoisotopic (exact) mass is 360 g/mol. The van der Waals surface area contributed by atoms with Gasteiger partial charge < -0.3 is 9.63 Å². The lowest BCUT2D eigenvalue weighted by atomic mass is 10.0. The highest BCUT2D eigenvalue weighted by Crippen LogP contribution is 2.12. The molecule has 0 fully saturated rings. The number of hydrogen-bond donors (Lipinski definition) is 1. The first-order valence-electron chi connectivity index (χ1n) is 9.39. The molecular formula is C21H32N2O3. The smallest absolute Gasteiger partial charge is 0.331 e. The third-order valence-electron chi connectivity index (χ3n) is 3.38. The number of rotatable bonds is 8. The van der Waals surface area contributed by atoms with E-state index in [0.717, 1.165) is 12.0 Å². The van der Waals surface area contributed by atoms with Crippen LogP contribution < -0.4 is 0 Å². The van der Waals surface area contributed by atoms with Crippen LogP contribution in [0.3, 0.4) is 0 Å². The number of aryl methyl sites for hydroxylation is 1. The van der Waals surface area contributed by atoms with Crippen molar-refractivity contribution in [1.29, 1.82) is 0 Å². The van der Waals surface area contributed by atoms with Crippen molar-refractivity contribution < 1.29 is 14.4 Å². The third kappa shape index (κ3) is 8.60. The SMILES string of the molecule is C=C(Cc1nc(Cc2ccc(CCCC)cc2)no1)C(=O)O.CC.CC. The van der Waals surface area contributed by atoms with Crippen molar-refractivity contribution in [3.63, 3.8) is 0 Å². The Morgan fingerprint density at radius 1 is 1.12 bits per heavy atom. The summed E-state index contributed by atoms with van der Waals surface area (Å²) in [6, 6.07) is 8.38. The minimum atomic E-state index is -1.05. The van der Waals surface area contributed by atoms with Crippen molar-refractivity contribution >= 4 is 5.97 Å². The van der Waals surface area contributed by atoms with E-state index in [2.05, 4.69) is 47.9 Å². The molecule has 26 heavy (non-hydrogen) atoms. The Morgan fingerprint density at radius 3 is 2.23 bits per heavy atom. The van der Waals surface area contributed by atoms with E-state index >= 15 is 0 Å². The lowest BCUT2D eigenvalue weighted by molar-refractivity contribution is -0.132. The van der Waals surface area contributed by atoms with Gasteiger partial charge in [0.25, 0.3) is 0 Å². The fourth-order valence-corrected chi connectivity index (χ4v) is 2.08. The minimum absolute atomic E-state index is 0.0375. The van der Waals surface area contributed by atoms with Crippen LogP contribution in [0.5, 0.6) is 0 Å². The maximum atomic E-state index is 10.7. The van der Waals surface area contributed by atoms with Crippen molar-refractivity contribution in [2.75, 3.05) is 0 Å². The highest BCUT2D eigenvalue weighted by atomic mass is 16.5. The quantitative estimate of drug-likeness (QED) is 0.652. The van der Waals surface area contributed by atoms with Gasteiger partial charge in [-0.1, -0.05) is 77.0 Å². The van der Waals surface area contributed by atoms with E-state index in [4.69, 9.17) is 9.63 Å². The van der Waals surface area contributed by atoms with Crippen LogP contribution in [0.25, 0.3) is 0 Å². The number of benzene rings is 1. The summed E-state index contributed by atoms with van der Waals surface area (Å²) in [4.78, 5) is 14.9. The number of carboxylic acid groups (broad SMARTS) is 1. The highest BCUT2D eigenvalue weighted by molar-refractivity contribution is 5.86. The van der Waals surface area contributed by atoms with E-state index < -0.39 is 5.97 Å². The largest absolute Gasteiger partial charge is 0.478 e. The summed E-state index contributed by atoms with van der Waals surface area (Å²) in [5.41, 5.74) is 2.47. The van der Waals surface area contributed by atoms with Gasteiger partial charge in [-0.3, -0.25) is 0 Å². The van der Waals surface area contributed by atoms with Crippen LogP contribution in [0.2, 0.25) is 0 Å². The summed E-state index contributed by atoms with van der Waals surface area (Å²) in [5, 5.41) is 12.7. The molecule has 144 valence electrons. The molecule has 1 heterocycles. The zero-order valence-corrected chi connectivity index (χ0v) is 16.7. The van der Waals surface area contributed by atoms with Gasteiger partial charge in [0.1, 0.15) is 0 Å². The van der Waals surface area contributed by atoms with Gasteiger partial charge in [0, 0.05) is 12.0 Å². The minimum Gasteiger partial charge on any atom is -0.478 e. The first kappa shape index (κ1) is 23.6. The fraction of sp³-hybridized carbons (Fsp3) is 0.476. The first-order valence-corrected chi connectivity index (χ1v) is 9.39. The van der Waals surface area contributed by atoms with Crippen LogP contribution in [-0.4, -0.2) is 21.2 Å². The maximum Gasteiger partial charge on any atom is 0.331 e. The molecule has 0 atom stereocenters. The average molecular weight is 360 g/mol.